The molecule has 0 saturated carbocycles. The van der Waals surface area contributed by atoms with Gasteiger partial charge in [0.15, 0.2) is 0 Å². The average Bonchev–Trinajstić information content (AvgIpc) is 2.58. The number of nitrogens with one attached hydrogen (secondary N) is 1. The normalized spacial score (nSPS) is 11.5. The highest BCUT2D eigenvalue weighted by Crippen LogP contribution is 2.27. The number of benzene rings is 2. The van der Waals surface area contributed by atoms with Crippen LogP contribution in [-0.2, 0) is 14.8 Å². The van der Waals surface area contributed by atoms with E-state index in [2.05, 4.69) is 5.32 Å². The minimum absolute atomic E-state index is 0.0430. The summed E-state index contributed by atoms with van der Waals surface area (Å²) in [5, 5.41) is 2.73. The minimum Gasteiger partial charge on any atom is -0.495 e. The molecular formula is C19H24N2O4S. The van der Waals surface area contributed by atoms with E-state index in [9.17, 15) is 13.2 Å². The van der Waals surface area contributed by atoms with E-state index >= 15 is 0 Å². The van der Waals surface area contributed by atoms with Crippen molar-refractivity contribution in [3.8, 4) is 5.75 Å². The number of ether oxygens (including phenoxy) is 1. The van der Waals surface area contributed by atoms with Crippen molar-refractivity contribution in [3.63, 3.8) is 0 Å². The van der Waals surface area contributed by atoms with Gasteiger partial charge in [-0.05, 0) is 61.7 Å². The first-order chi connectivity index (χ1) is 12.1. The van der Waals surface area contributed by atoms with E-state index in [1.54, 1.807) is 25.1 Å². The summed E-state index contributed by atoms with van der Waals surface area (Å²) in [5.41, 5.74) is 3.59. The summed E-state index contributed by atoms with van der Waals surface area (Å²) in [5.74, 6) is -0.164. The lowest BCUT2D eigenvalue weighted by atomic mass is 10.1. The number of hydrogen-bond donors (Lipinski definition) is 1. The number of anilines is 1. The number of nitrogens with zero attached hydrogens (tertiary/aromatic N) is 1. The SMILES string of the molecule is COc1ccc(C)cc1S(=O)(=O)N(C)CC(=O)Nc1ccc(C)c(C)c1. The molecule has 2 aromatic carbocycles. The predicted octanol–water partition coefficient (Wildman–Crippen LogP) is 2.88. The van der Waals surface area contributed by atoms with Crippen LogP contribution in [0.25, 0.3) is 0 Å². The molecule has 0 atom stereocenters. The van der Waals surface area contributed by atoms with Crippen LogP contribution in [0.1, 0.15) is 16.7 Å². The van der Waals surface area contributed by atoms with Crippen LogP contribution in [0.2, 0.25) is 0 Å². The van der Waals surface area contributed by atoms with Crippen molar-refractivity contribution in [2.24, 2.45) is 0 Å². The summed E-state index contributed by atoms with van der Waals surface area (Å²) >= 11 is 0. The van der Waals surface area contributed by atoms with E-state index in [0.29, 0.717) is 5.69 Å². The van der Waals surface area contributed by atoms with Crippen LogP contribution < -0.4 is 10.1 Å². The van der Waals surface area contributed by atoms with Gasteiger partial charge >= 0.3 is 0 Å². The van der Waals surface area contributed by atoms with Crippen molar-refractivity contribution < 1.29 is 17.9 Å². The second kappa shape index (κ2) is 7.88. The first kappa shape index (κ1) is 19.9. The Morgan fingerprint density at radius 3 is 2.38 bits per heavy atom. The van der Waals surface area contributed by atoms with Crippen molar-refractivity contribution in [2.45, 2.75) is 25.7 Å². The number of carbonyl (C=O) groups excluding carboxylic acids is 1. The molecule has 0 bridgehead atoms. The van der Waals surface area contributed by atoms with E-state index in [4.69, 9.17) is 4.74 Å². The molecule has 7 heteroatoms. The molecule has 2 aromatic rings. The third kappa shape index (κ3) is 4.42. The van der Waals surface area contributed by atoms with Gasteiger partial charge in [-0.15, -0.1) is 0 Å². The summed E-state index contributed by atoms with van der Waals surface area (Å²) < 4.78 is 31.8. The fourth-order valence-corrected chi connectivity index (χ4v) is 3.82. The Kier molecular flexibility index (Phi) is 6.05. The summed E-state index contributed by atoms with van der Waals surface area (Å²) in [6.07, 6.45) is 0. The first-order valence-electron chi connectivity index (χ1n) is 8.13. The molecule has 0 radical (unpaired) electrons. The lowest BCUT2D eigenvalue weighted by molar-refractivity contribution is -0.116. The summed E-state index contributed by atoms with van der Waals surface area (Å²) in [6, 6.07) is 10.5. The van der Waals surface area contributed by atoms with E-state index in [1.165, 1.54) is 20.2 Å². The van der Waals surface area contributed by atoms with Gasteiger partial charge in [-0.1, -0.05) is 12.1 Å². The average molecular weight is 376 g/mol. The third-order valence-corrected chi connectivity index (χ3v) is 5.99. The predicted molar refractivity (Wildman–Crippen MR) is 102 cm³/mol. The van der Waals surface area contributed by atoms with Crippen LogP contribution >= 0.6 is 0 Å². The lowest BCUT2D eigenvalue weighted by Gasteiger charge is -2.19. The van der Waals surface area contributed by atoms with Gasteiger partial charge < -0.3 is 10.1 Å². The quantitative estimate of drug-likeness (QED) is 0.841. The molecule has 0 saturated heterocycles. The van der Waals surface area contributed by atoms with Crippen LogP contribution in [0.5, 0.6) is 5.75 Å². The van der Waals surface area contributed by atoms with Crippen molar-refractivity contribution in [1.82, 2.24) is 4.31 Å². The Labute approximate surface area is 154 Å². The zero-order chi connectivity index (χ0) is 19.5. The number of aryl methyl sites for hydroxylation is 3. The molecule has 1 amide bonds. The zero-order valence-electron chi connectivity index (χ0n) is 15.7. The summed E-state index contributed by atoms with van der Waals surface area (Å²) in [7, 11) is -1.07. The van der Waals surface area contributed by atoms with E-state index in [-0.39, 0.29) is 17.2 Å². The number of hydrogen-bond acceptors (Lipinski definition) is 4. The standard InChI is InChI=1S/C19H24N2O4S/c1-13-6-9-17(25-5)18(10-13)26(23,24)21(4)12-19(22)20-16-8-7-14(2)15(3)11-16/h6-11H,12H2,1-5H3,(H,20,22). The van der Waals surface area contributed by atoms with Gasteiger partial charge in [-0.25, -0.2) is 8.42 Å². The third-order valence-electron chi connectivity index (χ3n) is 4.16. The van der Waals surface area contributed by atoms with E-state index in [1.807, 2.05) is 26.0 Å². The molecule has 6 nitrogen and oxygen atoms in total. The van der Waals surface area contributed by atoms with Crippen LogP contribution in [0.15, 0.2) is 41.3 Å². The number of carbonyl (C=O) groups is 1. The summed E-state index contributed by atoms with van der Waals surface area (Å²) in [6.45, 7) is 5.43. The van der Waals surface area contributed by atoms with Gasteiger partial charge in [-0.2, -0.15) is 4.31 Å². The van der Waals surface area contributed by atoms with Gasteiger partial charge in [0.05, 0.1) is 13.7 Å². The summed E-state index contributed by atoms with van der Waals surface area (Å²) in [4.78, 5) is 12.3. The lowest BCUT2D eigenvalue weighted by Crippen LogP contribution is -2.35. The Hall–Kier alpha value is -2.38. The number of likely N-dealkylation sites (N-methyl/N-ethyl adjacent to an activating group) is 1. The Balaban J connectivity index is 2.17. The highest BCUT2D eigenvalue weighted by Gasteiger charge is 2.26. The first-order valence-corrected chi connectivity index (χ1v) is 9.57. The molecule has 2 rings (SSSR count). The topological polar surface area (TPSA) is 75.7 Å². The molecule has 0 aliphatic rings. The fourth-order valence-electron chi connectivity index (χ4n) is 2.46. The Morgan fingerprint density at radius 2 is 1.77 bits per heavy atom. The van der Waals surface area contributed by atoms with E-state index in [0.717, 1.165) is 21.0 Å². The number of rotatable bonds is 6. The van der Waals surface area contributed by atoms with Crippen LogP contribution in [0, 0.1) is 20.8 Å². The fraction of sp³-hybridized carbons (Fsp3) is 0.316. The van der Waals surface area contributed by atoms with Crippen LogP contribution in [0.4, 0.5) is 5.69 Å². The number of methoxy groups -OCH3 is 1. The molecule has 0 fully saturated rings. The number of sulfonamides is 1. The second-order valence-electron chi connectivity index (χ2n) is 6.26. The molecule has 0 heterocycles. The molecular weight excluding hydrogens is 352 g/mol. The molecule has 0 aromatic heterocycles. The van der Waals surface area contributed by atoms with Crippen LogP contribution in [0.3, 0.4) is 0 Å². The van der Waals surface area contributed by atoms with Crippen molar-refractivity contribution in [1.29, 1.82) is 0 Å². The molecule has 26 heavy (non-hydrogen) atoms. The van der Waals surface area contributed by atoms with Crippen molar-refractivity contribution in [2.75, 3.05) is 26.0 Å². The Morgan fingerprint density at radius 1 is 1.08 bits per heavy atom. The minimum atomic E-state index is -3.86. The largest absolute Gasteiger partial charge is 0.495 e. The van der Waals surface area contributed by atoms with Crippen molar-refractivity contribution >= 4 is 21.6 Å². The molecule has 140 valence electrons. The van der Waals surface area contributed by atoms with Crippen molar-refractivity contribution in [3.05, 3.63) is 53.1 Å². The zero-order valence-corrected chi connectivity index (χ0v) is 16.5. The maximum Gasteiger partial charge on any atom is 0.246 e. The maximum atomic E-state index is 12.8. The monoisotopic (exact) mass is 376 g/mol. The van der Waals surface area contributed by atoms with Gasteiger partial charge in [0, 0.05) is 12.7 Å². The number of amides is 1. The molecule has 0 spiro atoms. The Bertz CT molecular complexity index is 923. The molecule has 0 aliphatic carbocycles. The van der Waals surface area contributed by atoms with Gasteiger partial charge in [0.25, 0.3) is 0 Å². The highest BCUT2D eigenvalue weighted by atomic mass is 32.2. The molecule has 0 aliphatic heterocycles. The molecule has 0 unspecified atom stereocenters. The van der Waals surface area contributed by atoms with Crippen LogP contribution in [-0.4, -0.2) is 39.3 Å². The maximum absolute atomic E-state index is 12.8. The smallest absolute Gasteiger partial charge is 0.246 e. The highest BCUT2D eigenvalue weighted by molar-refractivity contribution is 7.89. The molecule has 1 N–H and O–H groups in total. The van der Waals surface area contributed by atoms with Gasteiger partial charge in [0.1, 0.15) is 10.6 Å². The second-order valence-corrected chi connectivity index (χ2v) is 8.28. The van der Waals surface area contributed by atoms with E-state index < -0.39 is 15.9 Å². The van der Waals surface area contributed by atoms with Gasteiger partial charge in [-0.3, -0.25) is 4.79 Å². The van der Waals surface area contributed by atoms with Gasteiger partial charge in [0.2, 0.25) is 15.9 Å².